The van der Waals surface area contributed by atoms with E-state index in [-0.39, 0.29) is 17.4 Å². The molecule has 22 heavy (non-hydrogen) atoms. The Morgan fingerprint density at radius 1 is 1.23 bits per heavy atom. The third kappa shape index (κ3) is 2.58. The van der Waals surface area contributed by atoms with E-state index in [9.17, 15) is 9.59 Å². The summed E-state index contributed by atoms with van der Waals surface area (Å²) in [4.78, 5) is 36.7. The molecular formula is C16H22N4O2. The van der Waals surface area contributed by atoms with Crippen molar-refractivity contribution in [3.8, 4) is 0 Å². The molecule has 2 saturated heterocycles. The van der Waals surface area contributed by atoms with Gasteiger partial charge in [-0.2, -0.15) is 0 Å². The minimum Gasteiger partial charge on any atom is -0.338 e. The lowest BCUT2D eigenvalue weighted by Gasteiger charge is -2.50. The predicted octanol–water partition coefficient (Wildman–Crippen LogP) is 1.40. The largest absolute Gasteiger partial charge is 0.338 e. The van der Waals surface area contributed by atoms with Gasteiger partial charge in [0, 0.05) is 32.8 Å². The first-order chi connectivity index (χ1) is 10.5. The number of rotatable bonds is 1. The number of hydrogen-bond donors (Lipinski definition) is 0. The molecule has 2 aliphatic rings. The van der Waals surface area contributed by atoms with Gasteiger partial charge in [-0.3, -0.25) is 14.6 Å². The quantitative estimate of drug-likeness (QED) is 0.786. The number of aromatic nitrogens is 2. The molecule has 2 amide bonds. The van der Waals surface area contributed by atoms with E-state index >= 15 is 0 Å². The fourth-order valence-electron chi connectivity index (χ4n) is 3.60. The van der Waals surface area contributed by atoms with Crippen LogP contribution in [0.25, 0.3) is 0 Å². The zero-order valence-electron chi connectivity index (χ0n) is 13.2. The third-order valence-corrected chi connectivity index (χ3v) is 4.96. The van der Waals surface area contributed by atoms with Crippen molar-refractivity contribution in [2.24, 2.45) is 0 Å². The van der Waals surface area contributed by atoms with Crippen LogP contribution in [0.4, 0.5) is 0 Å². The van der Waals surface area contributed by atoms with Crippen LogP contribution < -0.4 is 0 Å². The number of hydrogen-bond acceptors (Lipinski definition) is 4. The maximum absolute atomic E-state index is 12.6. The Hall–Kier alpha value is -1.98. The topological polar surface area (TPSA) is 66.4 Å². The van der Waals surface area contributed by atoms with E-state index in [1.807, 2.05) is 23.8 Å². The molecule has 2 aliphatic heterocycles. The van der Waals surface area contributed by atoms with Gasteiger partial charge in [0.2, 0.25) is 5.91 Å². The molecule has 0 saturated carbocycles. The molecule has 0 bridgehead atoms. The average Bonchev–Trinajstić information content (AvgIpc) is 2.53. The van der Waals surface area contributed by atoms with Crippen LogP contribution in [0.5, 0.6) is 0 Å². The Balaban J connectivity index is 1.79. The van der Waals surface area contributed by atoms with E-state index in [1.54, 1.807) is 6.20 Å². The molecule has 1 aromatic rings. The standard InChI is InChI=1S/C16H22N4O2/c1-12-9-18-13(10-17-12)15(22)20-8-4-7-16(11-20)6-3-5-14(21)19(16)2/h9-10H,3-8,11H2,1-2H3/t16-/m0/s1. The summed E-state index contributed by atoms with van der Waals surface area (Å²) < 4.78 is 0. The van der Waals surface area contributed by atoms with Crippen molar-refractivity contribution in [2.45, 2.75) is 44.6 Å². The van der Waals surface area contributed by atoms with Crippen molar-refractivity contribution in [1.29, 1.82) is 0 Å². The molecule has 3 heterocycles. The second kappa shape index (κ2) is 5.66. The zero-order valence-corrected chi connectivity index (χ0v) is 13.2. The number of amides is 2. The van der Waals surface area contributed by atoms with Gasteiger partial charge in [-0.05, 0) is 32.6 Å². The minimum absolute atomic E-state index is 0.0852. The highest BCUT2D eigenvalue weighted by Crippen LogP contribution is 2.35. The van der Waals surface area contributed by atoms with Crippen molar-refractivity contribution < 1.29 is 9.59 Å². The van der Waals surface area contributed by atoms with E-state index in [0.29, 0.717) is 18.7 Å². The number of likely N-dealkylation sites (tertiary alicyclic amines) is 2. The first-order valence-electron chi connectivity index (χ1n) is 7.86. The zero-order chi connectivity index (χ0) is 15.7. The molecule has 0 aromatic carbocycles. The number of nitrogens with zero attached hydrogens (tertiary/aromatic N) is 4. The molecule has 0 unspecified atom stereocenters. The minimum atomic E-state index is -0.193. The van der Waals surface area contributed by atoms with Crippen molar-refractivity contribution in [3.63, 3.8) is 0 Å². The van der Waals surface area contributed by atoms with E-state index < -0.39 is 0 Å². The molecule has 1 spiro atoms. The van der Waals surface area contributed by atoms with Crippen LogP contribution in [0, 0.1) is 6.92 Å². The number of aryl methyl sites for hydroxylation is 1. The molecule has 0 radical (unpaired) electrons. The lowest BCUT2D eigenvalue weighted by Crippen LogP contribution is -2.61. The summed E-state index contributed by atoms with van der Waals surface area (Å²) in [6.07, 6.45) is 7.54. The Bertz CT molecular complexity index is 582. The third-order valence-electron chi connectivity index (χ3n) is 4.96. The Labute approximate surface area is 130 Å². The van der Waals surface area contributed by atoms with Crippen LogP contribution in [-0.2, 0) is 4.79 Å². The molecule has 3 rings (SSSR count). The summed E-state index contributed by atoms with van der Waals surface area (Å²) in [5, 5.41) is 0. The second-order valence-electron chi connectivity index (χ2n) is 6.40. The van der Waals surface area contributed by atoms with E-state index in [2.05, 4.69) is 9.97 Å². The van der Waals surface area contributed by atoms with Gasteiger partial charge < -0.3 is 9.80 Å². The van der Waals surface area contributed by atoms with E-state index in [0.717, 1.165) is 37.9 Å². The number of carbonyl (C=O) groups is 2. The summed E-state index contributed by atoms with van der Waals surface area (Å²) >= 11 is 0. The Morgan fingerprint density at radius 2 is 2.00 bits per heavy atom. The normalized spacial score (nSPS) is 25.6. The fraction of sp³-hybridized carbons (Fsp3) is 0.625. The van der Waals surface area contributed by atoms with Gasteiger partial charge in [0.15, 0.2) is 0 Å². The predicted molar refractivity (Wildman–Crippen MR) is 81.3 cm³/mol. The highest BCUT2D eigenvalue weighted by atomic mass is 16.2. The summed E-state index contributed by atoms with van der Waals surface area (Å²) in [6, 6.07) is 0. The van der Waals surface area contributed by atoms with Gasteiger partial charge in [-0.1, -0.05) is 0 Å². The molecule has 0 N–H and O–H groups in total. The fourth-order valence-corrected chi connectivity index (χ4v) is 3.60. The maximum atomic E-state index is 12.6. The van der Waals surface area contributed by atoms with Crippen LogP contribution in [0.1, 0.15) is 48.3 Å². The van der Waals surface area contributed by atoms with Crippen molar-refractivity contribution >= 4 is 11.8 Å². The van der Waals surface area contributed by atoms with Crippen molar-refractivity contribution in [1.82, 2.24) is 19.8 Å². The van der Waals surface area contributed by atoms with Gasteiger partial charge in [-0.25, -0.2) is 4.98 Å². The van der Waals surface area contributed by atoms with E-state index in [4.69, 9.17) is 0 Å². The lowest BCUT2D eigenvalue weighted by molar-refractivity contribution is -0.142. The molecular weight excluding hydrogens is 280 g/mol. The summed E-state index contributed by atoms with van der Waals surface area (Å²) in [5.41, 5.74) is 0.984. The van der Waals surface area contributed by atoms with Crippen LogP contribution in [-0.4, -0.2) is 57.3 Å². The lowest BCUT2D eigenvalue weighted by atomic mass is 9.80. The van der Waals surface area contributed by atoms with Crippen molar-refractivity contribution in [2.75, 3.05) is 20.1 Å². The van der Waals surface area contributed by atoms with Gasteiger partial charge in [-0.15, -0.1) is 0 Å². The van der Waals surface area contributed by atoms with Crippen molar-refractivity contribution in [3.05, 3.63) is 23.8 Å². The highest BCUT2D eigenvalue weighted by Gasteiger charge is 2.44. The SMILES string of the molecule is Cc1cnc(C(=O)N2CCC[C@@]3(CCCC(=O)N3C)C2)cn1. The molecule has 6 heteroatoms. The Kier molecular flexibility index (Phi) is 3.85. The highest BCUT2D eigenvalue weighted by molar-refractivity contribution is 5.92. The summed E-state index contributed by atoms with van der Waals surface area (Å²) in [7, 11) is 1.88. The molecule has 0 aliphatic carbocycles. The number of piperidine rings is 2. The summed E-state index contributed by atoms with van der Waals surface area (Å²) in [5.74, 6) is 0.105. The molecule has 1 atom stereocenters. The molecule has 6 nitrogen and oxygen atoms in total. The first kappa shape index (κ1) is 14.9. The average molecular weight is 302 g/mol. The number of carbonyl (C=O) groups excluding carboxylic acids is 2. The molecule has 118 valence electrons. The van der Waals surface area contributed by atoms with Crippen LogP contribution >= 0.6 is 0 Å². The van der Waals surface area contributed by atoms with Gasteiger partial charge in [0.05, 0.1) is 17.4 Å². The second-order valence-corrected chi connectivity index (χ2v) is 6.40. The van der Waals surface area contributed by atoms with Crippen LogP contribution in [0.15, 0.2) is 12.4 Å². The number of likely N-dealkylation sites (N-methyl/N-ethyl adjacent to an activating group) is 1. The van der Waals surface area contributed by atoms with Crippen LogP contribution in [0.3, 0.4) is 0 Å². The smallest absolute Gasteiger partial charge is 0.274 e. The summed E-state index contributed by atoms with van der Waals surface area (Å²) in [6.45, 7) is 3.17. The Morgan fingerprint density at radius 3 is 2.73 bits per heavy atom. The first-order valence-corrected chi connectivity index (χ1v) is 7.86. The molecule has 2 fully saturated rings. The molecule has 1 aromatic heterocycles. The van der Waals surface area contributed by atoms with Gasteiger partial charge in [0.1, 0.15) is 5.69 Å². The maximum Gasteiger partial charge on any atom is 0.274 e. The van der Waals surface area contributed by atoms with E-state index in [1.165, 1.54) is 6.20 Å². The van der Waals surface area contributed by atoms with Gasteiger partial charge >= 0.3 is 0 Å². The monoisotopic (exact) mass is 302 g/mol. The van der Waals surface area contributed by atoms with Crippen LogP contribution in [0.2, 0.25) is 0 Å². The van der Waals surface area contributed by atoms with Gasteiger partial charge in [0.25, 0.3) is 5.91 Å².